The van der Waals surface area contributed by atoms with E-state index < -0.39 is 0 Å². The molecule has 0 aliphatic heterocycles. The molecule has 2 heterocycles. The van der Waals surface area contributed by atoms with Crippen LogP contribution in [0.15, 0.2) is 67.0 Å². The first-order chi connectivity index (χ1) is 12.3. The summed E-state index contributed by atoms with van der Waals surface area (Å²) in [5, 5.41) is 5.14. The number of hydrogen-bond acceptors (Lipinski definition) is 5. The number of rotatable bonds is 5. The van der Waals surface area contributed by atoms with Crippen molar-refractivity contribution in [3.8, 4) is 5.69 Å². The normalized spacial score (nSPS) is 11.0. The van der Waals surface area contributed by atoms with Crippen LogP contribution in [0.4, 0.5) is 5.82 Å². The number of aromatic nitrogens is 4. The molecule has 0 aliphatic rings. The van der Waals surface area contributed by atoms with E-state index in [1.165, 1.54) is 5.56 Å². The van der Waals surface area contributed by atoms with Crippen LogP contribution in [0.25, 0.3) is 16.6 Å². The summed E-state index contributed by atoms with van der Waals surface area (Å²) in [5.74, 6) is 2.95. The summed E-state index contributed by atoms with van der Waals surface area (Å²) < 4.78 is 1.85. The van der Waals surface area contributed by atoms with Gasteiger partial charge in [-0.2, -0.15) is 5.10 Å². The highest BCUT2D eigenvalue weighted by atomic mass is 32.2. The van der Waals surface area contributed by atoms with Gasteiger partial charge in [0.1, 0.15) is 11.6 Å². The standard InChI is InChI=1S/C19H17N5S/c20-19-16-4-1-2-5-17(16)22-18(23-19)13-25-12-14-6-8-15(9-7-14)24-11-3-10-21-24/h1-11H,12-13H2,(H2,20,22,23). The highest BCUT2D eigenvalue weighted by Gasteiger charge is 2.05. The highest BCUT2D eigenvalue weighted by Crippen LogP contribution is 2.21. The molecule has 25 heavy (non-hydrogen) atoms. The Morgan fingerprint density at radius 3 is 2.56 bits per heavy atom. The van der Waals surface area contributed by atoms with Gasteiger partial charge in [-0.15, -0.1) is 11.8 Å². The minimum atomic E-state index is 0.546. The van der Waals surface area contributed by atoms with Gasteiger partial charge < -0.3 is 5.73 Å². The van der Waals surface area contributed by atoms with Crippen LogP contribution in [0.3, 0.4) is 0 Å². The number of anilines is 1. The Hall–Kier alpha value is -2.86. The Balaban J connectivity index is 1.41. The second kappa shape index (κ2) is 6.94. The first kappa shape index (κ1) is 15.7. The number of nitrogen functional groups attached to an aromatic ring is 1. The van der Waals surface area contributed by atoms with Gasteiger partial charge in [0.15, 0.2) is 0 Å². The molecule has 4 rings (SSSR count). The molecule has 0 radical (unpaired) electrons. The summed E-state index contributed by atoms with van der Waals surface area (Å²) in [4.78, 5) is 9.01. The van der Waals surface area contributed by atoms with Crippen molar-refractivity contribution in [3.05, 3.63) is 78.4 Å². The number of nitrogens with two attached hydrogens (primary N) is 1. The maximum atomic E-state index is 6.03. The zero-order valence-electron chi connectivity index (χ0n) is 13.5. The highest BCUT2D eigenvalue weighted by molar-refractivity contribution is 7.97. The first-order valence-electron chi connectivity index (χ1n) is 7.97. The molecule has 0 aliphatic carbocycles. The number of para-hydroxylation sites is 1. The topological polar surface area (TPSA) is 69.6 Å². The third-order valence-electron chi connectivity index (χ3n) is 3.88. The third kappa shape index (κ3) is 3.49. The lowest BCUT2D eigenvalue weighted by Crippen LogP contribution is -2.00. The van der Waals surface area contributed by atoms with E-state index in [9.17, 15) is 0 Å². The fourth-order valence-electron chi connectivity index (χ4n) is 2.64. The monoisotopic (exact) mass is 347 g/mol. The van der Waals surface area contributed by atoms with E-state index in [-0.39, 0.29) is 0 Å². The molecular weight excluding hydrogens is 330 g/mol. The third-order valence-corrected chi connectivity index (χ3v) is 4.88. The minimum Gasteiger partial charge on any atom is -0.383 e. The molecule has 0 atom stereocenters. The average Bonchev–Trinajstić information content (AvgIpc) is 3.17. The van der Waals surface area contributed by atoms with Gasteiger partial charge in [-0.1, -0.05) is 24.3 Å². The maximum absolute atomic E-state index is 6.03. The van der Waals surface area contributed by atoms with Crippen molar-refractivity contribution in [3.63, 3.8) is 0 Å². The molecule has 0 saturated heterocycles. The van der Waals surface area contributed by atoms with Gasteiger partial charge in [-0.25, -0.2) is 14.6 Å². The number of nitrogens with zero attached hydrogens (tertiary/aromatic N) is 4. The Bertz CT molecular complexity index is 981. The van der Waals surface area contributed by atoms with Crippen molar-refractivity contribution in [2.24, 2.45) is 0 Å². The Labute approximate surface area is 149 Å². The van der Waals surface area contributed by atoms with Crippen molar-refractivity contribution in [1.29, 1.82) is 0 Å². The number of fused-ring (bicyclic) bond motifs is 1. The Kier molecular flexibility index (Phi) is 4.35. The van der Waals surface area contributed by atoms with Gasteiger partial charge in [0.25, 0.3) is 0 Å². The van der Waals surface area contributed by atoms with Crippen LogP contribution >= 0.6 is 11.8 Å². The van der Waals surface area contributed by atoms with Crippen molar-refractivity contribution in [2.45, 2.75) is 11.5 Å². The quantitative estimate of drug-likeness (QED) is 0.594. The van der Waals surface area contributed by atoms with Gasteiger partial charge in [0.05, 0.1) is 17.0 Å². The largest absolute Gasteiger partial charge is 0.383 e. The van der Waals surface area contributed by atoms with Gasteiger partial charge in [-0.05, 0) is 35.9 Å². The van der Waals surface area contributed by atoms with Crippen molar-refractivity contribution >= 4 is 28.5 Å². The number of hydrogen-bond donors (Lipinski definition) is 1. The van der Waals surface area contributed by atoms with Crippen LogP contribution in [0, 0.1) is 0 Å². The van der Waals surface area contributed by atoms with E-state index in [0.717, 1.165) is 33.9 Å². The van der Waals surface area contributed by atoms with Gasteiger partial charge in [0.2, 0.25) is 0 Å². The van der Waals surface area contributed by atoms with Crippen LogP contribution < -0.4 is 5.73 Å². The lowest BCUT2D eigenvalue weighted by molar-refractivity contribution is 0.880. The lowest BCUT2D eigenvalue weighted by Gasteiger charge is -2.06. The predicted octanol–water partition coefficient (Wildman–Crippen LogP) is 3.83. The van der Waals surface area contributed by atoms with E-state index in [1.807, 2.05) is 41.2 Å². The molecule has 0 saturated carbocycles. The molecule has 4 aromatic rings. The Morgan fingerprint density at radius 2 is 1.76 bits per heavy atom. The zero-order valence-corrected chi connectivity index (χ0v) is 14.4. The van der Waals surface area contributed by atoms with Gasteiger partial charge >= 0.3 is 0 Å². The molecule has 0 amide bonds. The van der Waals surface area contributed by atoms with E-state index in [2.05, 4.69) is 39.3 Å². The summed E-state index contributed by atoms with van der Waals surface area (Å²) in [7, 11) is 0. The molecule has 0 bridgehead atoms. The second-order valence-corrected chi connectivity index (χ2v) is 6.64. The van der Waals surface area contributed by atoms with E-state index in [1.54, 1.807) is 18.0 Å². The van der Waals surface area contributed by atoms with E-state index in [0.29, 0.717) is 5.82 Å². The number of thioether (sulfide) groups is 1. The van der Waals surface area contributed by atoms with Crippen LogP contribution in [0.1, 0.15) is 11.4 Å². The molecular formula is C19H17N5S. The van der Waals surface area contributed by atoms with Gasteiger partial charge in [-0.3, -0.25) is 0 Å². The van der Waals surface area contributed by atoms with Crippen LogP contribution in [-0.4, -0.2) is 19.7 Å². The fourth-order valence-corrected chi connectivity index (χ4v) is 3.48. The summed E-state index contributed by atoms with van der Waals surface area (Å²) in [6.45, 7) is 0. The second-order valence-electron chi connectivity index (χ2n) is 5.65. The van der Waals surface area contributed by atoms with Crippen LogP contribution in [0.5, 0.6) is 0 Å². The predicted molar refractivity (Wildman–Crippen MR) is 103 cm³/mol. The van der Waals surface area contributed by atoms with Crippen LogP contribution in [0.2, 0.25) is 0 Å². The average molecular weight is 347 g/mol. The summed E-state index contributed by atoms with van der Waals surface area (Å²) in [6.07, 6.45) is 3.71. The lowest BCUT2D eigenvalue weighted by atomic mass is 10.2. The molecule has 6 heteroatoms. The molecule has 0 unspecified atom stereocenters. The summed E-state index contributed by atoms with van der Waals surface area (Å²) in [5.41, 5.74) is 9.25. The molecule has 5 nitrogen and oxygen atoms in total. The first-order valence-corrected chi connectivity index (χ1v) is 9.13. The summed E-state index contributed by atoms with van der Waals surface area (Å²) in [6, 6.07) is 18.1. The summed E-state index contributed by atoms with van der Waals surface area (Å²) >= 11 is 1.78. The fraction of sp³-hybridized carbons (Fsp3) is 0.105. The van der Waals surface area contributed by atoms with E-state index >= 15 is 0 Å². The number of benzene rings is 2. The van der Waals surface area contributed by atoms with Crippen LogP contribution in [-0.2, 0) is 11.5 Å². The molecule has 124 valence electrons. The smallest absolute Gasteiger partial charge is 0.141 e. The molecule has 2 N–H and O–H groups in total. The van der Waals surface area contributed by atoms with Crippen molar-refractivity contribution < 1.29 is 0 Å². The molecule has 2 aromatic carbocycles. The minimum absolute atomic E-state index is 0.546. The Morgan fingerprint density at radius 1 is 0.920 bits per heavy atom. The molecule has 2 aromatic heterocycles. The molecule has 0 spiro atoms. The van der Waals surface area contributed by atoms with Crippen molar-refractivity contribution in [2.75, 3.05) is 5.73 Å². The van der Waals surface area contributed by atoms with E-state index in [4.69, 9.17) is 5.73 Å². The molecule has 0 fully saturated rings. The zero-order chi connectivity index (χ0) is 17.1. The van der Waals surface area contributed by atoms with Gasteiger partial charge in [0, 0.05) is 23.5 Å². The van der Waals surface area contributed by atoms with Crippen molar-refractivity contribution in [1.82, 2.24) is 19.7 Å². The SMILES string of the molecule is Nc1nc(CSCc2ccc(-n3cccn3)cc2)nc2ccccc12. The maximum Gasteiger partial charge on any atom is 0.141 e.